The second-order valence-electron chi connectivity index (χ2n) is 13.4. The van der Waals surface area contributed by atoms with Crippen LogP contribution in [0.1, 0.15) is 143 Å². The molecule has 0 bridgehead atoms. The molecule has 6 nitrogen and oxygen atoms in total. The summed E-state index contributed by atoms with van der Waals surface area (Å²) in [5.74, 6) is 1.14. The van der Waals surface area contributed by atoms with Crippen LogP contribution in [0.4, 0.5) is 22.0 Å². The molecular weight excluding hydrogens is 653 g/mol. The van der Waals surface area contributed by atoms with Crippen LogP contribution < -0.4 is 9.47 Å². The quantitative estimate of drug-likeness (QED) is 0.125. The van der Waals surface area contributed by atoms with Crippen LogP contribution in [-0.2, 0) is 14.4 Å². The molecule has 0 unspecified atom stereocenters. The summed E-state index contributed by atoms with van der Waals surface area (Å²) in [6, 6.07) is 8.64. The zero-order chi connectivity index (χ0) is 34.4. The van der Waals surface area contributed by atoms with E-state index < -0.39 is 39.4 Å². The van der Waals surface area contributed by atoms with Gasteiger partial charge in [-0.05, 0) is 104 Å². The van der Waals surface area contributed by atoms with Gasteiger partial charge in [0.25, 0.3) is 0 Å². The third kappa shape index (κ3) is 8.82. The summed E-state index contributed by atoms with van der Waals surface area (Å²) in [5, 5.41) is -1.99. The Hall–Kier alpha value is -2.89. The van der Waals surface area contributed by atoms with E-state index in [1.54, 1.807) is 6.92 Å². The van der Waals surface area contributed by atoms with Crippen molar-refractivity contribution in [3.05, 3.63) is 58.7 Å². The molecule has 0 aromatic heterocycles. The van der Waals surface area contributed by atoms with Crippen molar-refractivity contribution in [1.82, 2.24) is 0 Å². The average molecular weight is 700 g/mol. The van der Waals surface area contributed by atoms with E-state index in [1.807, 2.05) is 0 Å². The SMILES string of the molecule is CCOc1ccc(/C(=N\OS(=O)(=O)C(F)(F)COc2c(C3CCCCC3)cc(C3CCCCC3)cc2C2CCCCC2)C(F)(F)F)cc1. The fourth-order valence-corrected chi connectivity index (χ4v) is 7.97. The predicted molar refractivity (Wildman–Crippen MR) is 175 cm³/mol. The molecule has 0 radical (unpaired) electrons. The van der Waals surface area contributed by atoms with Gasteiger partial charge in [-0.1, -0.05) is 75.1 Å². The first-order chi connectivity index (χ1) is 22.9. The molecule has 12 heteroatoms. The fourth-order valence-electron chi connectivity index (χ4n) is 7.48. The normalized spacial score (nSPS) is 19.7. The summed E-state index contributed by atoms with van der Waals surface area (Å²) >= 11 is 0. The lowest BCUT2D eigenvalue weighted by atomic mass is 9.75. The van der Waals surface area contributed by atoms with Gasteiger partial charge in [0.05, 0.1) is 6.61 Å². The van der Waals surface area contributed by atoms with E-state index in [2.05, 4.69) is 21.6 Å². The molecule has 3 aliphatic rings. The Morgan fingerprint density at radius 3 is 1.67 bits per heavy atom. The Kier molecular flexibility index (Phi) is 12.0. The molecule has 2 aromatic rings. The third-order valence-corrected chi connectivity index (χ3v) is 11.1. The average Bonchev–Trinajstić information content (AvgIpc) is 3.08. The minimum Gasteiger partial charge on any atom is -0.494 e. The second kappa shape index (κ2) is 15.8. The van der Waals surface area contributed by atoms with Crippen molar-refractivity contribution in [2.75, 3.05) is 13.2 Å². The van der Waals surface area contributed by atoms with Gasteiger partial charge in [0.2, 0.25) is 0 Å². The van der Waals surface area contributed by atoms with E-state index in [0.717, 1.165) is 113 Å². The van der Waals surface area contributed by atoms with Gasteiger partial charge in [-0.3, -0.25) is 4.28 Å². The third-order valence-electron chi connectivity index (χ3n) is 10.0. The first-order valence-electron chi connectivity index (χ1n) is 17.4. The van der Waals surface area contributed by atoms with Gasteiger partial charge >= 0.3 is 21.5 Å². The van der Waals surface area contributed by atoms with Crippen molar-refractivity contribution in [2.45, 2.75) is 132 Å². The van der Waals surface area contributed by atoms with Gasteiger partial charge in [-0.2, -0.15) is 30.4 Å². The van der Waals surface area contributed by atoms with Crippen LogP contribution in [0.5, 0.6) is 11.5 Å². The topological polar surface area (TPSA) is 74.2 Å². The Bertz CT molecular complexity index is 1450. The molecule has 3 aliphatic carbocycles. The van der Waals surface area contributed by atoms with Gasteiger partial charge in [-0.25, -0.2) is 0 Å². The van der Waals surface area contributed by atoms with Crippen LogP contribution in [0.2, 0.25) is 0 Å². The summed E-state index contributed by atoms with van der Waals surface area (Å²) in [6.07, 6.45) is 10.1. The van der Waals surface area contributed by atoms with Crippen molar-refractivity contribution in [1.29, 1.82) is 0 Å². The van der Waals surface area contributed by atoms with Crippen LogP contribution in [0.25, 0.3) is 0 Å². The second-order valence-corrected chi connectivity index (χ2v) is 15.0. The van der Waals surface area contributed by atoms with Gasteiger partial charge in [0.15, 0.2) is 12.3 Å². The smallest absolute Gasteiger partial charge is 0.437 e. The molecule has 0 atom stereocenters. The minimum atomic E-state index is -5.98. The molecule has 3 saturated carbocycles. The summed E-state index contributed by atoms with van der Waals surface area (Å²) in [4.78, 5) is 0. The van der Waals surface area contributed by atoms with Crippen molar-refractivity contribution >= 4 is 15.8 Å². The van der Waals surface area contributed by atoms with Gasteiger partial charge in [-0.15, -0.1) is 0 Å². The summed E-state index contributed by atoms with van der Waals surface area (Å²) in [6.45, 7) is 0.351. The van der Waals surface area contributed by atoms with E-state index >= 15 is 8.78 Å². The number of benzene rings is 2. The fraction of sp³-hybridized carbons (Fsp3) is 0.639. The molecule has 48 heavy (non-hydrogen) atoms. The molecule has 0 amide bonds. The molecule has 0 aliphatic heterocycles. The highest BCUT2D eigenvalue weighted by atomic mass is 32.2. The lowest BCUT2D eigenvalue weighted by molar-refractivity contribution is -0.0600. The number of nitrogens with zero attached hydrogens (tertiary/aromatic N) is 1. The minimum absolute atomic E-state index is 0.0918. The lowest BCUT2D eigenvalue weighted by Gasteiger charge is -2.32. The molecule has 0 heterocycles. The Morgan fingerprint density at radius 2 is 1.21 bits per heavy atom. The van der Waals surface area contributed by atoms with E-state index in [-0.39, 0.29) is 24.2 Å². The Morgan fingerprint density at radius 1 is 0.729 bits per heavy atom. The monoisotopic (exact) mass is 699 g/mol. The number of ether oxygens (including phenoxy) is 2. The summed E-state index contributed by atoms with van der Waals surface area (Å²) in [5.41, 5.74) is 0.547. The van der Waals surface area contributed by atoms with Crippen molar-refractivity contribution in [3.8, 4) is 11.5 Å². The number of halogens is 5. The van der Waals surface area contributed by atoms with Gasteiger partial charge in [0.1, 0.15) is 11.5 Å². The lowest BCUT2D eigenvalue weighted by Crippen LogP contribution is -2.37. The molecular formula is C36H46F5NO5S. The van der Waals surface area contributed by atoms with E-state index in [0.29, 0.717) is 11.7 Å². The largest absolute Gasteiger partial charge is 0.494 e. The molecule has 3 fully saturated rings. The van der Waals surface area contributed by atoms with Crippen LogP contribution >= 0.6 is 0 Å². The maximum absolute atomic E-state index is 15.5. The van der Waals surface area contributed by atoms with E-state index in [4.69, 9.17) is 9.47 Å². The zero-order valence-corrected chi connectivity index (χ0v) is 28.3. The molecule has 5 rings (SSSR count). The van der Waals surface area contributed by atoms with Crippen molar-refractivity contribution in [2.24, 2.45) is 5.16 Å². The first kappa shape index (κ1) is 36.4. The first-order valence-corrected chi connectivity index (χ1v) is 18.8. The number of oxime groups is 1. The number of hydrogen-bond donors (Lipinski definition) is 0. The Balaban J connectivity index is 1.45. The summed E-state index contributed by atoms with van der Waals surface area (Å²) in [7, 11) is -5.98. The highest BCUT2D eigenvalue weighted by Crippen LogP contribution is 2.48. The number of rotatable bonds is 12. The standard InChI is InChI=1S/C36H46F5NO5S/c1-2-45-30-20-18-28(19-21-30)34(36(39,40)41)42-47-48(43,44)35(37,38)24-46-33-31(26-14-8-4-9-15-26)22-29(25-12-6-3-7-13-25)23-32(33)27-16-10-5-11-17-27/h18-23,25-27H,2-17,24H2,1H3/b42-34+. The molecule has 0 N–H and O–H groups in total. The zero-order valence-electron chi connectivity index (χ0n) is 27.5. The highest BCUT2D eigenvalue weighted by molar-refractivity contribution is 7.87. The number of alkyl halides is 5. The summed E-state index contributed by atoms with van der Waals surface area (Å²) < 4.78 is 113. The van der Waals surface area contributed by atoms with E-state index in [9.17, 15) is 21.6 Å². The maximum Gasteiger partial charge on any atom is 0.437 e. The van der Waals surface area contributed by atoms with Gasteiger partial charge < -0.3 is 9.47 Å². The molecule has 0 saturated heterocycles. The molecule has 2 aromatic carbocycles. The molecule has 0 spiro atoms. The number of hydrogen-bond acceptors (Lipinski definition) is 6. The predicted octanol–water partition coefficient (Wildman–Crippen LogP) is 10.5. The Labute approximate surface area is 280 Å². The van der Waals surface area contributed by atoms with Crippen LogP contribution in [-0.4, -0.2) is 38.8 Å². The highest BCUT2D eigenvalue weighted by Gasteiger charge is 2.50. The van der Waals surface area contributed by atoms with Crippen LogP contribution in [0.3, 0.4) is 0 Å². The van der Waals surface area contributed by atoms with Crippen molar-refractivity contribution < 1.29 is 44.1 Å². The molecule has 266 valence electrons. The maximum atomic E-state index is 15.5. The van der Waals surface area contributed by atoms with Crippen LogP contribution in [0.15, 0.2) is 41.6 Å². The van der Waals surface area contributed by atoms with Crippen LogP contribution in [0, 0.1) is 0 Å². The van der Waals surface area contributed by atoms with E-state index in [1.165, 1.54) is 24.1 Å². The van der Waals surface area contributed by atoms with Crippen molar-refractivity contribution in [3.63, 3.8) is 0 Å². The van der Waals surface area contributed by atoms with Gasteiger partial charge in [0, 0.05) is 5.56 Å².